The lowest BCUT2D eigenvalue weighted by Gasteiger charge is -2.04. The first kappa shape index (κ1) is 11.1. The molecule has 0 saturated carbocycles. The maximum Gasteiger partial charge on any atom is 0.234 e. The molecule has 1 aliphatic rings. The van der Waals surface area contributed by atoms with E-state index in [2.05, 4.69) is 20.6 Å². The van der Waals surface area contributed by atoms with E-state index in [9.17, 15) is 0 Å². The van der Waals surface area contributed by atoms with E-state index in [1.165, 1.54) is 0 Å². The minimum atomic E-state index is 0.0734. The fourth-order valence-corrected chi connectivity index (χ4v) is 2.83. The summed E-state index contributed by atoms with van der Waals surface area (Å²) in [5.41, 5.74) is 0. The van der Waals surface area contributed by atoms with E-state index in [-0.39, 0.29) is 6.10 Å². The summed E-state index contributed by atoms with van der Waals surface area (Å²) in [5, 5.41) is 17.1. The number of nitrogens with zero attached hydrogens (tertiary/aromatic N) is 4. The first-order valence-electron chi connectivity index (χ1n) is 5.85. The molecule has 17 heavy (non-hydrogen) atoms. The highest BCUT2D eigenvalue weighted by Crippen LogP contribution is 2.28. The lowest BCUT2D eigenvalue weighted by Crippen LogP contribution is -2.10. The minimum Gasteiger partial charge on any atom is -0.370 e. The van der Waals surface area contributed by atoms with Gasteiger partial charge in [0.25, 0.3) is 0 Å². The van der Waals surface area contributed by atoms with Gasteiger partial charge >= 0.3 is 0 Å². The quantitative estimate of drug-likeness (QED) is 0.873. The van der Waals surface area contributed by atoms with Crippen molar-refractivity contribution in [2.75, 3.05) is 20.2 Å². The zero-order valence-corrected chi connectivity index (χ0v) is 10.5. The lowest BCUT2D eigenvalue weighted by atomic mass is 10.2. The lowest BCUT2D eigenvalue weighted by molar-refractivity contribution is 0.103. The van der Waals surface area contributed by atoms with Crippen molar-refractivity contribution < 1.29 is 4.74 Å². The molecule has 1 atom stereocenters. The van der Waals surface area contributed by atoms with Gasteiger partial charge in [-0.15, -0.1) is 10.2 Å². The zero-order chi connectivity index (χ0) is 11.7. The van der Waals surface area contributed by atoms with Crippen molar-refractivity contribution in [3.8, 4) is 0 Å². The molecule has 3 heterocycles. The molecule has 2 aromatic rings. The largest absolute Gasteiger partial charge is 0.370 e. The van der Waals surface area contributed by atoms with Gasteiger partial charge in [0.15, 0.2) is 5.82 Å². The predicted octanol–water partition coefficient (Wildman–Crippen LogP) is 0.799. The van der Waals surface area contributed by atoms with Crippen LogP contribution in [-0.4, -0.2) is 40.0 Å². The molecule has 0 aromatic carbocycles. The predicted molar refractivity (Wildman–Crippen MR) is 64.2 cm³/mol. The van der Waals surface area contributed by atoms with Crippen LogP contribution >= 0.6 is 11.3 Å². The molecule has 0 spiro atoms. The van der Waals surface area contributed by atoms with Crippen molar-refractivity contribution in [1.29, 1.82) is 0 Å². The third-order valence-corrected chi connectivity index (χ3v) is 3.82. The van der Waals surface area contributed by atoms with Gasteiger partial charge in [0, 0.05) is 19.6 Å². The van der Waals surface area contributed by atoms with Gasteiger partial charge in [-0.05, 0) is 19.9 Å². The van der Waals surface area contributed by atoms with E-state index < -0.39 is 0 Å². The molecule has 0 bridgehead atoms. The monoisotopic (exact) mass is 253 g/mol. The number of hydrogen-bond donors (Lipinski definition) is 1. The molecule has 1 saturated heterocycles. The van der Waals surface area contributed by atoms with Crippen LogP contribution in [0.25, 0.3) is 4.96 Å². The minimum absolute atomic E-state index is 0.0734. The molecular weight excluding hydrogens is 238 g/mol. The molecule has 0 aliphatic carbocycles. The van der Waals surface area contributed by atoms with Crippen molar-refractivity contribution in [2.45, 2.75) is 25.4 Å². The van der Waals surface area contributed by atoms with Crippen LogP contribution in [0.3, 0.4) is 0 Å². The summed E-state index contributed by atoms with van der Waals surface area (Å²) in [6.45, 7) is 1.75. The van der Waals surface area contributed by atoms with E-state index in [1.54, 1.807) is 11.3 Å². The summed E-state index contributed by atoms with van der Waals surface area (Å²) in [6, 6.07) is 0. The van der Waals surface area contributed by atoms with Gasteiger partial charge in [0.05, 0.1) is 0 Å². The van der Waals surface area contributed by atoms with Crippen LogP contribution in [0.5, 0.6) is 0 Å². The standard InChI is InChI=1S/C10H15N5OS/c1-11-5-4-8-14-15-9(7-3-2-6-16-7)12-13-10(15)17-8/h7,11H,2-6H2,1H3. The SMILES string of the molecule is CNCCc1nn2c(C3CCCO3)nnc2s1. The maximum atomic E-state index is 5.62. The molecule has 2 aromatic heterocycles. The second-order valence-electron chi connectivity index (χ2n) is 4.10. The zero-order valence-electron chi connectivity index (χ0n) is 9.72. The van der Waals surface area contributed by atoms with Gasteiger partial charge in [-0.25, -0.2) is 0 Å². The van der Waals surface area contributed by atoms with E-state index in [0.717, 1.165) is 48.2 Å². The molecule has 1 aliphatic heterocycles. The Bertz CT molecular complexity index is 502. The summed E-state index contributed by atoms with van der Waals surface area (Å²) >= 11 is 1.60. The fourth-order valence-electron chi connectivity index (χ4n) is 1.99. The molecular formula is C10H15N5OS. The average Bonchev–Trinajstić information content (AvgIpc) is 3.01. The van der Waals surface area contributed by atoms with Crippen LogP contribution in [0.2, 0.25) is 0 Å². The Kier molecular flexibility index (Phi) is 3.04. The molecule has 7 heteroatoms. The van der Waals surface area contributed by atoms with Crippen molar-refractivity contribution in [1.82, 2.24) is 25.1 Å². The molecule has 6 nitrogen and oxygen atoms in total. The smallest absolute Gasteiger partial charge is 0.234 e. The fraction of sp³-hybridized carbons (Fsp3) is 0.700. The van der Waals surface area contributed by atoms with Crippen LogP contribution in [0.15, 0.2) is 0 Å². The Morgan fingerprint density at radius 2 is 2.47 bits per heavy atom. The van der Waals surface area contributed by atoms with Crippen molar-refractivity contribution in [2.24, 2.45) is 0 Å². The highest BCUT2D eigenvalue weighted by atomic mass is 32.1. The van der Waals surface area contributed by atoms with Gasteiger partial charge in [-0.3, -0.25) is 0 Å². The number of aromatic nitrogens is 4. The van der Waals surface area contributed by atoms with Gasteiger partial charge in [0.1, 0.15) is 11.1 Å². The van der Waals surface area contributed by atoms with E-state index >= 15 is 0 Å². The Morgan fingerprint density at radius 3 is 3.24 bits per heavy atom. The summed E-state index contributed by atoms with van der Waals surface area (Å²) in [7, 11) is 1.94. The molecule has 1 unspecified atom stereocenters. The van der Waals surface area contributed by atoms with E-state index in [0.29, 0.717) is 0 Å². The van der Waals surface area contributed by atoms with Gasteiger partial charge in [0.2, 0.25) is 4.96 Å². The number of rotatable bonds is 4. The number of likely N-dealkylation sites (N-methyl/N-ethyl adjacent to an activating group) is 1. The van der Waals surface area contributed by atoms with Crippen molar-refractivity contribution >= 4 is 16.3 Å². The highest BCUT2D eigenvalue weighted by molar-refractivity contribution is 7.16. The topological polar surface area (TPSA) is 64.3 Å². The Hall–Kier alpha value is -1.05. The van der Waals surface area contributed by atoms with Crippen LogP contribution in [0.4, 0.5) is 0 Å². The van der Waals surface area contributed by atoms with E-state index in [1.807, 2.05) is 11.6 Å². The molecule has 0 radical (unpaired) electrons. The summed E-state index contributed by atoms with van der Waals surface area (Å²) in [4.78, 5) is 0.863. The first-order chi connectivity index (χ1) is 8.38. The molecule has 1 N–H and O–H groups in total. The van der Waals surface area contributed by atoms with Crippen LogP contribution in [-0.2, 0) is 11.2 Å². The van der Waals surface area contributed by atoms with Crippen LogP contribution in [0, 0.1) is 0 Å². The molecule has 0 amide bonds. The number of nitrogens with one attached hydrogen (secondary N) is 1. The Labute approximate surface area is 103 Å². The molecule has 1 fully saturated rings. The van der Waals surface area contributed by atoms with Gasteiger partial charge in [-0.2, -0.15) is 9.61 Å². The van der Waals surface area contributed by atoms with Crippen LogP contribution in [0.1, 0.15) is 29.8 Å². The van der Waals surface area contributed by atoms with Gasteiger partial charge in [-0.1, -0.05) is 11.3 Å². The number of fused-ring (bicyclic) bond motifs is 1. The first-order valence-corrected chi connectivity index (χ1v) is 6.67. The average molecular weight is 253 g/mol. The summed E-state index contributed by atoms with van der Waals surface area (Å²) in [6.07, 6.45) is 3.11. The van der Waals surface area contributed by atoms with E-state index in [4.69, 9.17) is 4.74 Å². The number of ether oxygens (including phenoxy) is 1. The third-order valence-electron chi connectivity index (χ3n) is 2.86. The molecule has 92 valence electrons. The second kappa shape index (κ2) is 4.67. The van der Waals surface area contributed by atoms with Gasteiger partial charge < -0.3 is 10.1 Å². The maximum absolute atomic E-state index is 5.62. The Balaban J connectivity index is 1.88. The number of hydrogen-bond acceptors (Lipinski definition) is 6. The second-order valence-corrected chi connectivity index (χ2v) is 5.14. The van der Waals surface area contributed by atoms with Crippen molar-refractivity contribution in [3.63, 3.8) is 0 Å². The third kappa shape index (κ3) is 2.05. The summed E-state index contributed by atoms with van der Waals surface area (Å²) in [5.74, 6) is 0.851. The highest BCUT2D eigenvalue weighted by Gasteiger charge is 2.24. The molecule has 3 rings (SSSR count). The Morgan fingerprint density at radius 1 is 1.53 bits per heavy atom. The van der Waals surface area contributed by atoms with Crippen molar-refractivity contribution in [3.05, 3.63) is 10.8 Å². The normalized spacial score (nSPS) is 20.4. The summed E-state index contributed by atoms with van der Waals surface area (Å²) < 4.78 is 7.46. The van der Waals surface area contributed by atoms with Crippen LogP contribution < -0.4 is 5.32 Å².